The van der Waals surface area contributed by atoms with Crippen molar-refractivity contribution in [1.29, 1.82) is 0 Å². The molecule has 0 radical (unpaired) electrons. The van der Waals surface area contributed by atoms with Crippen LogP contribution in [0.15, 0.2) is 97.1 Å². The van der Waals surface area contributed by atoms with Crippen molar-refractivity contribution in [2.45, 2.75) is 119 Å². The number of aliphatic hydroxyl groups excluding tert-OH is 1. The fourth-order valence-corrected chi connectivity index (χ4v) is 15.0. The number of rotatable bonds is 30. The van der Waals surface area contributed by atoms with E-state index < -0.39 is 200 Å². The van der Waals surface area contributed by atoms with E-state index in [1.165, 1.54) is 94.7 Å². The molecule has 23 N–H and O–H groups in total. The Balaban J connectivity index is 1.32. The number of urea groups is 2. The third-order valence-corrected chi connectivity index (χ3v) is 21.4. The molecule has 634 valence electrons. The topological polar surface area (TPSA) is 610 Å². The Bertz CT molecular complexity index is 4130. The molecular formula is C74H98ClN19O21S2. The zero-order valence-corrected chi connectivity index (χ0v) is 66.1. The summed E-state index contributed by atoms with van der Waals surface area (Å²) in [6.07, 6.45) is -3.17. The van der Waals surface area contributed by atoms with Crippen LogP contribution in [0.1, 0.15) is 54.9 Å². The number of unbranched alkanes of at least 4 members (excludes halogenated alkanes) is 1. The highest BCUT2D eigenvalue weighted by atomic mass is 35.5. The van der Waals surface area contributed by atoms with E-state index >= 15 is 19.2 Å². The molecule has 3 aliphatic heterocycles. The van der Waals surface area contributed by atoms with Gasteiger partial charge in [0.05, 0.1) is 38.7 Å². The van der Waals surface area contributed by atoms with Crippen LogP contribution in [0.3, 0.4) is 0 Å². The van der Waals surface area contributed by atoms with Crippen molar-refractivity contribution in [1.82, 2.24) is 72.8 Å². The lowest BCUT2D eigenvalue weighted by molar-refractivity contribution is -0.140. The number of carboxylic acid groups (broad SMARTS) is 3. The summed E-state index contributed by atoms with van der Waals surface area (Å²) < 4.78 is 0. The summed E-state index contributed by atoms with van der Waals surface area (Å²) in [4.78, 5) is 225. The first-order valence-electron chi connectivity index (χ1n) is 37.2. The number of imide groups is 1. The van der Waals surface area contributed by atoms with E-state index in [9.17, 15) is 83.1 Å². The number of aliphatic hydroxyl groups is 1. The van der Waals surface area contributed by atoms with Crippen LogP contribution < -0.4 is 81.0 Å². The van der Waals surface area contributed by atoms with Gasteiger partial charge in [0.1, 0.15) is 60.1 Å². The Morgan fingerprint density at radius 3 is 1.47 bits per heavy atom. The number of benzene rings is 4. The molecule has 43 heteroatoms. The molecule has 15 amide bonds. The molecule has 40 nitrogen and oxygen atoms in total. The molecule has 4 aromatic rings. The smallest absolute Gasteiger partial charge is 0.322 e. The number of nitrogens with zero attached hydrogens (tertiary/aromatic N) is 4. The summed E-state index contributed by atoms with van der Waals surface area (Å²) in [5.74, 6) is -15.5. The van der Waals surface area contributed by atoms with Gasteiger partial charge in [0, 0.05) is 106 Å². The second-order valence-corrected chi connectivity index (χ2v) is 31.0. The first-order valence-corrected chi connectivity index (χ1v) is 40.1. The molecule has 3 fully saturated rings. The van der Waals surface area contributed by atoms with Crippen LogP contribution in [0.2, 0.25) is 5.02 Å². The van der Waals surface area contributed by atoms with Crippen LogP contribution >= 0.6 is 33.2 Å². The zero-order chi connectivity index (χ0) is 85.4. The van der Waals surface area contributed by atoms with Crippen LogP contribution in [0.5, 0.6) is 5.75 Å². The van der Waals surface area contributed by atoms with E-state index in [-0.39, 0.29) is 120 Å². The molecule has 3 saturated heterocycles. The van der Waals surface area contributed by atoms with Crippen molar-refractivity contribution in [2.24, 2.45) is 17.2 Å². The summed E-state index contributed by atoms with van der Waals surface area (Å²) >= 11 is 6.32. The number of aromatic hydroxyl groups is 1. The number of carbonyl (C=O) groups is 16. The number of halogens is 1. The van der Waals surface area contributed by atoms with Crippen LogP contribution in [0, 0.1) is 0 Å². The van der Waals surface area contributed by atoms with Crippen LogP contribution in [0.25, 0.3) is 0 Å². The maximum atomic E-state index is 15.7. The fraction of sp³-hybridized carbons (Fsp3) is 0.459. The Kier molecular flexibility index (Phi) is 36.9. The standard InChI is InChI=1S/C74H98ClN19O21S2/c1-41(95)63-72(113)87-57(70(111)83-51(64(77)105)30-45-11-19-49(96)20-12-45)40-117-116-39-56(86-67(108)52(31-42-5-13-46(75)14-6-42)81-59(98)35-91-22-24-92(36-60(99)100)26-28-94(38-62(103)104)29-27-93(25-23-91)37-61(101)102)71(112)85-54(33-43-7-15-47(16-8-43)79-66(107)55-34-58(97)89-74(115)88-55)69(110)84-53(32-44-9-17-48(18-10-44)80-73(78)114)68(109)82-50(65(106)90-63)4-2-3-21-76/h5-20,41,50-57,63,95-96H,2-4,21-40,76H2,1H3,(H2,77,105)(H,79,107)(H,81,98)(H,82,109)(H,83,111)(H,84,110)(H,85,112)(H,86,108)(H,87,113)(H,90,106)(H,99,100)(H,101,102)(H,103,104)(H3,78,80,114)(H2,88,89,97,115)/t41-,50+,51-,52-,53-,54+,55+,56-,57+,63+/m1/s1. The van der Waals surface area contributed by atoms with Gasteiger partial charge < -0.3 is 101 Å². The molecule has 4 aromatic carbocycles. The molecule has 0 aromatic heterocycles. The monoisotopic (exact) mass is 1690 g/mol. The van der Waals surface area contributed by atoms with Gasteiger partial charge in [0.2, 0.25) is 65.0 Å². The molecule has 0 spiro atoms. The summed E-state index contributed by atoms with van der Waals surface area (Å²) in [6.45, 7) is -0.313. The Morgan fingerprint density at radius 2 is 0.983 bits per heavy atom. The number of amides is 15. The average Bonchev–Trinajstić information content (AvgIpc) is 0.774. The molecule has 0 aliphatic carbocycles. The second-order valence-electron chi connectivity index (χ2n) is 28.0. The van der Waals surface area contributed by atoms with Crippen molar-refractivity contribution in [3.63, 3.8) is 0 Å². The van der Waals surface area contributed by atoms with E-state index in [1.54, 1.807) is 21.9 Å². The number of phenols is 1. The van der Waals surface area contributed by atoms with E-state index in [0.717, 1.165) is 28.5 Å². The van der Waals surface area contributed by atoms with Crippen molar-refractivity contribution >= 4 is 140 Å². The molecule has 0 unspecified atom stereocenters. The van der Waals surface area contributed by atoms with Gasteiger partial charge in [0.25, 0.3) is 0 Å². The van der Waals surface area contributed by atoms with Crippen LogP contribution in [0.4, 0.5) is 21.0 Å². The minimum Gasteiger partial charge on any atom is -0.508 e. The van der Waals surface area contributed by atoms with Crippen molar-refractivity contribution in [3.8, 4) is 5.75 Å². The van der Waals surface area contributed by atoms with E-state index in [4.69, 9.17) is 28.8 Å². The molecule has 0 saturated carbocycles. The fourth-order valence-electron chi connectivity index (χ4n) is 12.5. The van der Waals surface area contributed by atoms with Crippen molar-refractivity contribution in [2.75, 3.05) is 107 Å². The summed E-state index contributed by atoms with van der Waals surface area (Å²) in [5, 5.41) is 81.6. The number of hydrogen-bond acceptors (Lipinski definition) is 25. The van der Waals surface area contributed by atoms with Crippen LogP contribution in [-0.2, 0) is 92.8 Å². The highest BCUT2D eigenvalue weighted by Gasteiger charge is 2.38. The van der Waals surface area contributed by atoms with E-state index in [2.05, 4.69) is 58.5 Å². The predicted molar refractivity (Wildman–Crippen MR) is 427 cm³/mol. The summed E-state index contributed by atoms with van der Waals surface area (Å²) in [5.41, 5.74) is 18.9. The minimum atomic E-state index is -1.89. The Morgan fingerprint density at radius 1 is 0.521 bits per heavy atom. The molecule has 10 atom stereocenters. The number of nitrogens with one attached hydrogen (secondary N) is 12. The van der Waals surface area contributed by atoms with Gasteiger partial charge in [-0.05, 0) is 104 Å². The van der Waals surface area contributed by atoms with Crippen molar-refractivity contribution in [3.05, 3.63) is 124 Å². The number of anilines is 2. The molecule has 3 heterocycles. The summed E-state index contributed by atoms with van der Waals surface area (Å²) in [7, 11) is 1.63. The highest BCUT2D eigenvalue weighted by molar-refractivity contribution is 8.76. The normalized spacial score (nSPS) is 21.2. The first kappa shape index (κ1) is 92.9. The number of carbonyl (C=O) groups excluding carboxylic acids is 13. The SMILES string of the molecule is C[C@@H](O)[C@@H]1NC(=O)[C@H](CCCCN)NC(=O)[C@@H](Cc2ccc(NC(N)=O)cc2)NC(=O)[C@H](Cc2ccc(NC(=O)[C@@H]3CC(=O)NC(=O)N3)cc2)NC(=O)[C@H](NC(=O)[C@@H](Cc2ccc(Cl)cc2)NC(=O)CN2CCN(CC(=O)O)CCN(CC(=O)O)CCN(CC(=O)O)CC2)CSSC[C@@H](C(=O)N[C@H](Cc2ccc(O)cc2)C(N)=O)NC1=O. The van der Waals surface area contributed by atoms with Gasteiger partial charge in [-0.15, -0.1) is 0 Å². The molecular weight excluding hydrogens is 1590 g/mol. The molecule has 0 bridgehead atoms. The predicted octanol–water partition coefficient (Wildman–Crippen LogP) is -3.91. The van der Waals surface area contributed by atoms with Crippen LogP contribution in [-0.4, -0.2) is 297 Å². The quantitative estimate of drug-likeness (QED) is 0.0175. The number of aliphatic carboxylic acids is 3. The Hall–Kier alpha value is -11.2. The number of nitrogens with two attached hydrogens (primary N) is 3. The summed E-state index contributed by atoms with van der Waals surface area (Å²) in [6, 6.07) is 6.70. The zero-order valence-electron chi connectivity index (χ0n) is 63.8. The molecule has 7 rings (SSSR count). The van der Waals surface area contributed by atoms with Gasteiger partial charge in [-0.1, -0.05) is 81.7 Å². The van der Waals surface area contributed by atoms with Gasteiger partial charge in [-0.25, -0.2) is 9.59 Å². The van der Waals surface area contributed by atoms with Gasteiger partial charge in [-0.3, -0.25) is 92.0 Å². The second kappa shape index (κ2) is 46.5. The van der Waals surface area contributed by atoms with Crippen molar-refractivity contribution < 1.29 is 102 Å². The minimum absolute atomic E-state index is 0.0103. The maximum absolute atomic E-state index is 15.7. The Labute approximate surface area is 684 Å². The third-order valence-electron chi connectivity index (χ3n) is 18.7. The lowest BCUT2D eigenvalue weighted by Gasteiger charge is -2.33. The number of carboxylic acids is 3. The number of primary amides is 2. The highest BCUT2D eigenvalue weighted by Crippen LogP contribution is 2.25. The average molecular weight is 1690 g/mol. The lowest BCUT2D eigenvalue weighted by Crippen LogP contribution is -2.62. The van der Waals surface area contributed by atoms with Gasteiger partial charge >= 0.3 is 30.0 Å². The first-order chi connectivity index (χ1) is 55.6. The largest absolute Gasteiger partial charge is 0.508 e. The molecule has 3 aliphatic rings. The number of phenolic OH excluding ortho intramolecular Hbond substituents is 1. The molecule has 117 heavy (non-hydrogen) atoms. The number of hydrogen-bond donors (Lipinski definition) is 20. The third kappa shape index (κ3) is 32.4. The lowest BCUT2D eigenvalue weighted by atomic mass is 10.0. The van der Waals surface area contributed by atoms with Gasteiger partial charge in [0.15, 0.2) is 0 Å². The van der Waals surface area contributed by atoms with E-state index in [1.807, 2.05) is 5.32 Å². The van der Waals surface area contributed by atoms with E-state index in [0.29, 0.717) is 28.1 Å². The van der Waals surface area contributed by atoms with Gasteiger partial charge in [-0.2, -0.15) is 0 Å². The maximum Gasteiger partial charge on any atom is 0.322 e.